The predicted molar refractivity (Wildman–Crippen MR) is 136 cm³/mol. The van der Waals surface area contributed by atoms with Gasteiger partial charge in [0.05, 0.1) is 6.61 Å². The molecule has 0 spiro atoms. The number of carbonyl (C=O) groups is 3. The summed E-state index contributed by atoms with van der Waals surface area (Å²) in [5, 5.41) is 15.4. The maximum Gasteiger partial charge on any atom is 0.408 e. The number of carbonyl (C=O) groups excluding carboxylic acids is 3. The molecule has 0 heterocycles. The quantitative estimate of drug-likeness (QED) is 0.309. The van der Waals surface area contributed by atoms with Crippen molar-refractivity contribution in [3.63, 3.8) is 0 Å². The fourth-order valence-corrected chi connectivity index (χ4v) is 3.62. The molecule has 3 amide bonds. The van der Waals surface area contributed by atoms with Crippen LogP contribution in [0.2, 0.25) is 0 Å². The second kappa shape index (κ2) is 14.4. The van der Waals surface area contributed by atoms with Crippen LogP contribution in [0.5, 0.6) is 0 Å². The zero-order chi connectivity index (χ0) is 26.6. The molecule has 0 aromatic heterocycles. The topological polar surface area (TPSA) is 108 Å². The van der Waals surface area contributed by atoms with Crippen LogP contribution in [-0.4, -0.2) is 59.3 Å². The Balaban J connectivity index is 3.46. The fraction of sp³-hybridized carbons (Fsp3) is 0.593. The number of benzene rings is 1. The SMILES string of the molecule is C#Cc1ccccc1C(C(=O)NCCCC)N(CCO)C(=O)C(CC(C)C)NC(=O)OC(C)(C)C. The van der Waals surface area contributed by atoms with E-state index < -0.39 is 35.6 Å². The molecule has 2 atom stereocenters. The zero-order valence-corrected chi connectivity index (χ0v) is 21.9. The summed E-state index contributed by atoms with van der Waals surface area (Å²) >= 11 is 0. The molecular weight excluding hydrogens is 446 g/mol. The van der Waals surface area contributed by atoms with Crippen molar-refractivity contribution >= 4 is 17.9 Å². The van der Waals surface area contributed by atoms with Crippen molar-refractivity contribution in [2.45, 2.75) is 78.5 Å². The Morgan fingerprint density at radius 3 is 2.40 bits per heavy atom. The Bertz CT molecular complexity index is 886. The Labute approximate surface area is 209 Å². The second-order valence-electron chi connectivity index (χ2n) is 9.86. The van der Waals surface area contributed by atoms with Gasteiger partial charge in [0, 0.05) is 18.7 Å². The molecule has 0 bridgehead atoms. The number of rotatable bonds is 12. The lowest BCUT2D eigenvalue weighted by molar-refractivity contribution is -0.143. The number of ether oxygens (including phenoxy) is 1. The van der Waals surface area contributed by atoms with Gasteiger partial charge in [0.1, 0.15) is 17.7 Å². The Kier molecular flexibility index (Phi) is 12.3. The maximum absolute atomic E-state index is 13.8. The largest absolute Gasteiger partial charge is 0.444 e. The summed E-state index contributed by atoms with van der Waals surface area (Å²) in [5.74, 6) is 1.74. The first-order valence-electron chi connectivity index (χ1n) is 12.2. The van der Waals surface area contributed by atoms with Crippen molar-refractivity contribution in [1.29, 1.82) is 0 Å². The summed E-state index contributed by atoms with van der Waals surface area (Å²) in [7, 11) is 0. The van der Waals surface area contributed by atoms with Crippen molar-refractivity contribution in [2.75, 3.05) is 19.7 Å². The van der Waals surface area contributed by atoms with Crippen LogP contribution in [0.1, 0.15) is 78.0 Å². The minimum Gasteiger partial charge on any atom is -0.444 e. The molecule has 1 rings (SSSR count). The van der Waals surface area contributed by atoms with Crippen LogP contribution in [-0.2, 0) is 14.3 Å². The molecule has 0 aliphatic heterocycles. The standard InChI is InChI=1S/C27H41N3O5/c1-8-10-15-28-24(32)23(21-14-12-11-13-20(21)9-2)30(16-17-31)25(33)22(18-19(3)4)29-26(34)35-27(5,6)7/h2,11-14,19,22-23,31H,8,10,15-18H2,1,3-7H3,(H,28,32)(H,29,34). The summed E-state index contributed by atoms with van der Waals surface area (Å²) < 4.78 is 5.36. The number of nitrogens with zero attached hydrogens (tertiary/aromatic N) is 1. The van der Waals surface area contributed by atoms with Crippen molar-refractivity contribution < 1.29 is 24.2 Å². The molecule has 8 heteroatoms. The molecule has 35 heavy (non-hydrogen) atoms. The van der Waals surface area contributed by atoms with Crippen LogP contribution in [0.15, 0.2) is 24.3 Å². The number of hydrogen-bond donors (Lipinski definition) is 3. The zero-order valence-electron chi connectivity index (χ0n) is 21.9. The molecule has 0 aliphatic rings. The van der Waals surface area contributed by atoms with Gasteiger partial charge in [-0.3, -0.25) is 9.59 Å². The summed E-state index contributed by atoms with van der Waals surface area (Å²) in [4.78, 5) is 41.0. The molecule has 2 unspecified atom stereocenters. The highest BCUT2D eigenvalue weighted by molar-refractivity contribution is 5.92. The average Bonchev–Trinajstić information content (AvgIpc) is 2.76. The van der Waals surface area contributed by atoms with Crippen LogP contribution in [0, 0.1) is 18.3 Å². The van der Waals surface area contributed by atoms with Crippen LogP contribution in [0.4, 0.5) is 4.79 Å². The van der Waals surface area contributed by atoms with Gasteiger partial charge < -0.3 is 25.4 Å². The lowest BCUT2D eigenvalue weighted by atomic mass is 9.96. The summed E-state index contributed by atoms with van der Waals surface area (Å²) in [5.41, 5.74) is 0.207. The van der Waals surface area contributed by atoms with Gasteiger partial charge in [0.2, 0.25) is 11.8 Å². The fourth-order valence-electron chi connectivity index (χ4n) is 3.62. The summed E-state index contributed by atoms with van der Waals surface area (Å²) in [6, 6.07) is 4.88. The number of aliphatic hydroxyl groups excluding tert-OH is 1. The molecule has 0 radical (unpaired) electrons. The molecule has 1 aromatic carbocycles. The highest BCUT2D eigenvalue weighted by Gasteiger charge is 2.37. The monoisotopic (exact) mass is 487 g/mol. The van der Waals surface area contributed by atoms with E-state index in [1.54, 1.807) is 45.0 Å². The third-order valence-corrected chi connectivity index (χ3v) is 5.12. The number of unbranched alkanes of at least 4 members (excludes halogenated alkanes) is 1. The van der Waals surface area contributed by atoms with Crippen molar-refractivity contribution in [3.05, 3.63) is 35.4 Å². The number of terminal acetylenes is 1. The number of alkyl carbamates (subject to hydrolysis) is 1. The first kappa shape index (κ1) is 30.0. The number of amides is 3. The van der Waals surface area contributed by atoms with Crippen LogP contribution in [0.3, 0.4) is 0 Å². The van der Waals surface area contributed by atoms with Gasteiger partial charge in [-0.1, -0.05) is 51.3 Å². The molecule has 3 N–H and O–H groups in total. The van der Waals surface area contributed by atoms with Crippen LogP contribution >= 0.6 is 0 Å². The van der Waals surface area contributed by atoms with Gasteiger partial charge in [-0.25, -0.2) is 4.79 Å². The third kappa shape index (κ3) is 9.99. The summed E-state index contributed by atoms with van der Waals surface area (Å²) in [6.07, 6.45) is 6.96. The second-order valence-corrected chi connectivity index (χ2v) is 9.86. The Morgan fingerprint density at radius 1 is 1.20 bits per heavy atom. The van der Waals surface area contributed by atoms with Gasteiger partial charge >= 0.3 is 6.09 Å². The van der Waals surface area contributed by atoms with Crippen LogP contribution < -0.4 is 10.6 Å². The van der Waals surface area contributed by atoms with E-state index in [-0.39, 0.29) is 19.1 Å². The van der Waals surface area contributed by atoms with Gasteiger partial charge in [-0.2, -0.15) is 0 Å². The first-order chi connectivity index (χ1) is 16.4. The van der Waals surface area contributed by atoms with Crippen molar-refractivity contribution in [3.8, 4) is 12.3 Å². The van der Waals surface area contributed by atoms with Crippen molar-refractivity contribution in [2.24, 2.45) is 5.92 Å². The third-order valence-electron chi connectivity index (χ3n) is 5.12. The van der Waals surface area contributed by atoms with Crippen molar-refractivity contribution in [1.82, 2.24) is 15.5 Å². The van der Waals surface area contributed by atoms with E-state index in [0.717, 1.165) is 12.8 Å². The van der Waals surface area contributed by atoms with E-state index in [9.17, 15) is 19.5 Å². The molecular formula is C27H41N3O5. The van der Waals surface area contributed by atoms with E-state index in [4.69, 9.17) is 11.2 Å². The minimum atomic E-state index is -1.08. The van der Waals surface area contributed by atoms with Gasteiger partial charge in [0.15, 0.2) is 0 Å². The average molecular weight is 488 g/mol. The Morgan fingerprint density at radius 2 is 1.86 bits per heavy atom. The van der Waals surface area contributed by atoms with E-state index in [1.165, 1.54) is 4.90 Å². The smallest absolute Gasteiger partial charge is 0.408 e. The molecule has 0 saturated heterocycles. The van der Waals surface area contributed by atoms with Crippen LogP contribution in [0.25, 0.3) is 0 Å². The normalized spacial score (nSPS) is 12.9. The van der Waals surface area contributed by atoms with Gasteiger partial charge in [0.25, 0.3) is 0 Å². The first-order valence-corrected chi connectivity index (χ1v) is 12.2. The lowest BCUT2D eigenvalue weighted by Crippen LogP contribution is -2.54. The van der Waals surface area contributed by atoms with Gasteiger partial charge in [-0.15, -0.1) is 6.42 Å². The molecule has 8 nitrogen and oxygen atoms in total. The summed E-state index contributed by atoms with van der Waals surface area (Å²) in [6.45, 7) is 11.0. The number of aliphatic hydroxyl groups is 1. The number of nitrogens with one attached hydrogen (secondary N) is 2. The van der Waals surface area contributed by atoms with Gasteiger partial charge in [-0.05, 0) is 51.2 Å². The molecule has 0 saturated carbocycles. The highest BCUT2D eigenvalue weighted by atomic mass is 16.6. The van der Waals surface area contributed by atoms with E-state index in [1.807, 2.05) is 20.8 Å². The molecule has 0 fully saturated rings. The van der Waals surface area contributed by atoms with E-state index in [2.05, 4.69) is 16.6 Å². The number of hydrogen-bond acceptors (Lipinski definition) is 5. The molecule has 1 aromatic rings. The highest BCUT2D eigenvalue weighted by Crippen LogP contribution is 2.26. The maximum atomic E-state index is 13.8. The Hall–Kier alpha value is -3.05. The molecule has 194 valence electrons. The minimum absolute atomic E-state index is 0.0599. The molecule has 0 aliphatic carbocycles. The lowest BCUT2D eigenvalue weighted by Gasteiger charge is -2.35. The predicted octanol–water partition coefficient (Wildman–Crippen LogP) is 3.39. The van der Waals surface area contributed by atoms with E-state index in [0.29, 0.717) is 24.1 Å². The van der Waals surface area contributed by atoms with E-state index >= 15 is 0 Å².